The average Bonchev–Trinajstić information content (AvgIpc) is 2.28. The molecule has 0 aliphatic heterocycles. The maximum Gasteiger partial charge on any atom is 0.207 e. The van der Waals surface area contributed by atoms with Crippen molar-refractivity contribution in [2.75, 3.05) is 19.8 Å². The van der Waals surface area contributed by atoms with Gasteiger partial charge in [0, 0.05) is 12.7 Å². The van der Waals surface area contributed by atoms with Crippen LogP contribution >= 0.6 is 7.37 Å². The summed E-state index contributed by atoms with van der Waals surface area (Å²) < 4.78 is 16.8. The zero-order chi connectivity index (χ0) is 12.9. The molecule has 2 atom stereocenters. The molecule has 0 spiro atoms. The molecular formula is C11H18NO4P. The van der Waals surface area contributed by atoms with Gasteiger partial charge in [-0.25, -0.2) is 0 Å². The van der Waals surface area contributed by atoms with E-state index in [9.17, 15) is 14.6 Å². The van der Waals surface area contributed by atoms with Gasteiger partial charge >= 0.3 is 0 Å². The summed E-state index contributed by atoms with van der Waals surface area (Å²) in [5.74, 6) is 0.698. The number of aliphatic hydroxyl groups is 1. The minimum absolute atomic E-state index is 0.00678. The molecule has 0 radical (unpaired) electrons. The van der Waals surface area contributed by atoms with E-state index in [0.29, 0.717) is 5.75 Å². The van der Waals surface area contributed by atoms with Gasteiger partial charge in [0.25, 0.3) is 0 Å². The van der Waals surface area contributed by atoms with Crippen LogP contribution in [-0.4, -0.2) is 35.9 Å². The molecule has 1 aromatic carbocycles. The van der Waals surface area contributed by atoms with Gasteiger partial charge < -0.3 is 20.5 Å². The van der Waals surface area contributed by atoms with Crippen molar-refractivity contribution in [3.63, 3.8) is 0 Å². The van der Waals surface area contributed by atoms with Gasteiger partial charge in [-0.15, -0.1) is 0 Å². The molecule has 17 heavy (non-hydrogen) atoms. The van der Waals surface area contributed by atoms with Gasteiger partial charge in [0.1, 0.15) is 5.75 Å². The predicted molar refractivity (Wildman–Crippen MR) is 66.5 cm³/mol. The predicted octanol–water partition coefficient (Wildman–Crippen LogP) is 0.785. The Bertz CT molecular complexity index is 393. The van der Waals surface area contributed by atoms with E-state index in [1.165, 1.54) is 0 Å². The van der Waals surface area contributed by atoms with Crippen LogP contribution in [0.3, 0.4) is 0 Å². The van der Waals surface area contributed by atoms with E-state index >= 15 is 0 Å². The van der Waals surface area contributed by atoms with Gasteiger partial charge in [0.05, 0.1) is 19.4 Å². The Labute approximate surface area is 101 Å². The number of rotatable bonds is 6. The fourth-order valence-electron chi connectivity index (χ4n) is 1.48. The number of ether oxygens (including phenoxy) is 1. The van der Waals surface area contributed by atoms with Crippen molar-refractivity contribution >= 4 is 7.37 Å². The second-order valence-electron chi connectivity index (χ2n) is 3.92. The highest BCUT2D eigenvalue weighted by Gasteiger charge is 2.22. The van der Waals surface area contributed by atoms with Crippen LogP contribution in [-0.2, 0) is 10.7 Å². The van der Waals surface area contributed by atoms with E-state index in [1.54, 1.807) is 31.4 Å². The van der Waals surface area contributed by atoms with Gasteiger partial charge in [-0.05, 0) is 17.7 Å². The van der Waals surface area contributed by atoms with Crippen LogP contribution in [0.15, 0.2) is 24.3 Å². The number of methoxy groups -OCH3 is 1. The van der Waals surface area contributed by atoms with Crippen molar-refractivity contribution in [3.8, 4) is 5.75 Å². The van der Waals surface area contributed by atoms with Crippen LogP contribution in [0.1, 0.15) is 5.56 Å². The van der Waals surface area contributed by atoms with Gasteiger partial charge in [0.15, 0.2) is 0 Å². The second kappa shape index (κ2) is 6.17. The molecule has 0 aromatic heterocycles. The maximum absolute atomic E-state index is 11.8. The molecule has 0 aliphatic rings. The summed E-state index contributed by atoms with van der Waals surface area (Å²) in [4.78, 5) is 9.70. The van der Waals surface area contributed by atoms with Gasteiger partial charge in [-0.2, -0.15) is 0 Å². The fraction of sp³-hybridized carbons (Fsp3) is 0.455. The molecule has 0 bridgehead atoms. The third-order valence-electron chi connectivity index (χ3n) is 2.36. The first-order valence-corrected chi connectivity index (χ1v) is 7.32. The molecule has 1 aromatic rings. The summed E-state index contributed by atoms with van der Waals surface area (Å²) >= 11 is 0. The van der Waals surface area contributed by atoms with E-state index < -0.39 is 13.5 Å². The highest BCUT2D eigenvalue weighted by molar-refractivity contribution is 7.57. The lowest BCUT2D eigenvalue weighted by Crippen LogP contribution is -2.23. The number of hydrogen-bond acceptors (Lipinski definition) is 4. The quantitative estimate of drug-likeness (QED) is 0.657. The number of nitrogens with two attached hydrogens (primary N) is 1. The SMILES string of the molecule is COc1ccc(CP(=O)(O)C[C@@H](O)CN)cc1. The lowest BCUT2D eigenvalue weighted by molar-refractivity contribution is 0.202. The Morgan fingerprint density at radius 2 is 2.00 bits per heavy atom. The minimum atomic E-state index is -3.38. The van der Waals surface area contributed by atoms with Crippen molar-refractivity contribution in [2.24, 2.45) is 5.73 Å². The summed E-state index contributed by atoms with van der Waals surface area (Å²) in [6, 6.07) is 6.93. The summed E-state index contributed by atoms with van der Waals surface area (Å²) in [6.45, 7) is -0.00678. The molecule has 0 heterocycles. The highest BCUT2D eigenvalue weighted by Crippen LogP contribution is 2.44. The third kappa shape index (κ3) is 4.88. The van der Waals surface area contributed by atoms with Crippen LogP contribution in [0.5, 0.6) is 5.75 Å². The molecule has 0 fully saturated rings. The van der Waals surface area contributed by atoms with E-state index in [0.717, 1.165) is 5.56 Å². The molecule has 0 aliphatic carbocycles. The maximum atomic E-state index is 11.8. The average molecular weight is 259 g/mol. The van der Waals surface area contributed by atoms with Crippen LogP contribution in [0.25, 0.3) is 0 Å². The molecule has 1 unspecified atom stereocenters. The van der Waals surface area contributed by atoms with Crippen molar-refractivity contribution in [2.45, 2.75) is 12.3 Å². The molecule has 5 nitrogen and oxygen atoms in total. The summed E-state index contributed by atoms with van der Waals surface area (Å²) in [6.07, 6.45) is -1.06. The Hall–Kier alpha value is -0.870. The largest absolute Gasteiger partial charge is 0.497 e. The Balaban J connectivity index is 2.65. The molecule has 1 rings (SSSR count). The summed E-state index contributed by atoms with van der Waals surface area (Å²) in [7, 11) is -1.82. The van der Waals surface area contributed by atoms with E-state index in [-0.39, 0.29) is 18.9 Å². The molecule has 0 saturated heterocycles. The number of hydrogen-bond donors (Lipinski definition) is 3. The topological polar surface area (TPSA) is 92.8 Å². The van der Waals surface area contributed by atoms with Gasteiger partial charge in [-0.3, -0.25) is 4.57 Å². The lowest BCUT2D eigenvalue weighted by atomic mass is 10.2. The zero-order valence-corrected chi connectivity index (χ0v) is 10.6. The Kier molecular flexibility index (Phi) is 5.15. The molecular weight excluding hydrogens is 241 g/mol. The minimum Gasteiger partial charge on any atom is -0.497 e. The van der Waals surface area contributed by atoms with Crippen molar-refractivity contribution in [1.29, 1.82) is 0 Å². The highest BCUT2D eigenvalue weighted by atomic mass is 31.2. The van der Waals surface area contributed by atoms with Crippen molar-refractivity contribution < 1.29 is 19.3 Å². The van der Waals surface area contributed by atoms with Crippen molar-refractivity contribution in [1.82, 2.24) is 0 Å². The molecule has 0 amide bonds. The molecule has 4 N–H and O–H groups in total. The first-order valence-electron chi connectivity index (χ1n) is 5.29. The van der Waals surface area contributed by atoms with E-state index in [1.807, 2.05) is 0 Å². The van der Waals surface area contributed by atoms with E-state index in [4.69, 9.17) is 10.5 Å². The number of aliphatic hydroxyl groups excluding tert-OH is 1. The van der Waals surface area contributed by atoms with Crippen LogP contribution in [0, 0.1) is 0 Å². The smallest absolute Gasteiger partial charge is 0.207 e. The summed E-state index contributed by atoms with van der Waals surface area (Å²) in [5.41, 5.74) is 5.95. The first kappa shape index (κ1) is 14.2. The molecule has 96 valence electrons. The van der Waals surface area contributed by atoms with Gasteiger partial charge in [0.2, 0.25) is 7.37 Å². The standard InChI is InChI=1S/C11H18NO4P/c1-16-11-4-2-9(3-5-11)7-17(14,15)8-10(13)6-12/h2-5,10,13H,6-8,12H2,1H3,(H,14,15)/t10-/m0/s1. The third-order valence-corrected chi connectivity index (χ3v) is 4.21. The van der Waals surface area contributed by atoms with Crippen LogP contribution in [0.2, 0.25) is 0 Å². The second-order valence-corrected chi connectivity index (χ2v) is 6.30. The van der Waals surface area contributed by atoms with Crippen molar-refractivity contribution in [3.05, 3.63) is 29.8 Å². The Morgan fingerprint density at radius 1 is 1.41 bits per heavy atom. The summed E-state index contributed by atoms with van der Waals surface area (Å²) in [5, 5.41) is 9.28. The normalized spacial score (nSPS) is 16.2. The molecule has 6 heteroatoms. The first-order chi connectivity index (χ1) is 7.96. The molecule has 0 saturated carbocycles. The van der Waals surface area contributed by atoms with E-state index in [2.05, 4.69) is 0 Å². The van der Waals surface area contributed by atoms with Crippen LogP contribution in [0.4, 0.5) is 0 Å². The lowest BCUT2D eigenvalue weighted by Gasteiger charge is -2.15. The fourth-order valence-corrected chi connectivity index (χ4v) is 3.20. The monoisotopic (exact) mass is 259 g/mol. The number of benzene rings is 1. The zero-order valence-electron chi connectivity index (χ0n) is 9.74. The Morgan fingerprint density at radius 3 is 2.47 bits per heavy atom. The van der Waals surface area contributed by atoms with Gasteiger partial charge in [-0.1, -0.05) is 12.1 Å². The van der Waals surface area contributed by atoms with Crippen LogP contribution < -0.4 is 10.5 Å².